The van der Waals surface area contributed by atoms with Gasteiger partial charge in [0.15, 0.2) is 0 Å². The van der Waals surface area contributed by atoms with Crippen LogP contribution in [0.3, 0.4) is 0 Å². The number of carbonyl (C=O) groups excluding carboxylic acids is 1. The molecule has 1 saturated carbocycles. The Morgan fingerprint density at radius 2 is 1.93 bits per heavy atom. The van der Waals surface area contributed by atoms with Crippen molar-refractivity contribution >= 4 is 5.97 Å². The highest BCUT2D eigenvalue weighted by molar-refractivity contribution is 5.69. The van der Waals surface area contributed by atoms with E-state index in [0.717, 1.165) is 6.42 Å². The van der Waals surface area contributed by atoms with E-state index in [1.165, 1.54) is 45.6 Å². The molecule has 0 bridgehead atoms. The highest BCUT2D eigenvalue weighted by Gasteiger charge is 2.20. The summed E-state index contributed by atoms with van der Waals surface area (Å²) >= 11 is 0. The lowest BCUT2D eigenvalue weighted by Gasteiger charge is -2.21. The molecule has 0 radical (unpaired) electrons. The van der Waals surface area contributed by atoms with E-state index >= 15 is 0 Å². The maximum Gasteiger partial charge on any atom is 0.305 e. The first-order chi connectivity index (χ1) is 7.24. The Labute approximate surface area is 92.4 Å². The summed E-state index contributed by atoms with van der Waals surface area (Å²) in [6, 6.07) is 0.183. The molecule has 2 N–H and O–H groups in total. The van der Waals surface area contributed by atoms with Crippen LogP contribution in [0, 0.1) is 5.92 Å². The number of nitrogens with two attached hydrogens (primary N) is 1. The van der Waals surface area contributed by atoms with Crippen molar-refractivity contribution in [3.63, 3.8) is 0 Å². The fraction of sp³-hybridized carbons (Fsp3) is 0.917. The number of esters is 1. The summed E-state index contributed by atoms with van der Waals surface area (Å²) in [4.78, 5) is 11.0. The SMILES string of the molecule is COC(=O)CCC(N)C1CCCCCC1. The predicted molar refractivity (Wildman–Crippen MR) is 60.4 cm³/mol. The first kappa shape index (κ1) is 12.5. The molecular formula is C12H23NO2. The van der Waals surface area contributed by atoms with E-state index in [1.807, 2.05) is 0 Å². The Bertz CT molecular complexity index is 186. The van der Waals surface area contributed by atoms with E-state index in [1.54, 1.807) is 0 Å². The largest absolute Gasteiger partial charge is 0.469 e. The Morgan fingerprint density at radius 1 is 1.33 bits per heavy atom. The summed E-state index contributed by atoms with van der Waals surface area (Å²) < 4.78 is 4.62. The van der Waals surface area contributed by atoms with Crippen LogP contribution in [-0.4, -0.2) is 19.1 Å². The van der Waals surface area contributed by atoms with Gasteiger partial charge in [-0.25, -0.2) is 0 Å². The highest BCUT2D eigenvalue weighted by Crippen LogP contribution is 2.26. The maximum absolute atomic E-state index is 11.0. The molecule has 0 saturated heterocycles. The molecule has 3 nitrogen and oxygen atoms in total. The van der Waals surface area contributed by atoms with Crippen LogP contribution in [0.15, 0.2) is 0 Å². The molecule has 0 aromatic heterocycles. The van der Waals surface area contributed by atoms with E-state index in [-0.39, 0.29) is 12.0 Å². The maximum atomic E-state index is 11.0. The Kier molecular flexibility index (Phi) is 5.69. The van der Waals surface area contributed by atoms with Crippen molar-refractivity contribution in [2.24, 2.45) is 11.7 Å². The van der Waals surface area contributed by atoms with Gasteiger partial charge in [-0.15, -0.1) is 0 Å². The monoisotopic (exact) mass is 213 g/mol. The molecule has 0 amide bonds. The van der Waals surface area contributed by atoms with Crippen molar-refractivity contribution in [1.29, 1.82) is 0 Å². The second-order valence-electron chi connectivity index (χ2n) is 4.53. The van der Waals surface area contributed by atoms with Gasteiger partial charge < -0.3 is 10.5 Å². The molecule has 1 aliphatic rings. The lowest BCUT2D eigenvalue weighted by molar-refractivity contribution is -0.140. The second-order valence-corrected chi connectivity index (χ2v) is 4.53. The lowest BCUT2D eigenvalue weighted by atomic mass is 9.90. The lowest BCUT2D eigenvalue weighted by Crippen LogP contribution is -2.30. The molecule has 1 atom stereocenters. The van der Waals surface area contributed by atoms with Gasteiger partial charge in [0, 0.05) is 12.5 Å². The van der Waals surface area contributed by atoms with Crippen LogP contribution in [0.1, 0.15) is 51.4 Å². The molecule has 1 aliphatic carbocycles. The van der Waals surface area contributed by atoms with Crippen molar-refractivity contribution in [1.82, 2.24) is 0 Å². The van der Waals surface area contributed by atoms with Crippen LogP contribution < -0.4 is 5.73 Å². The average Bonchev–Trinajstić information content (AvgIpc) is 2.53. The Hall–Kier alpha value is -0.570. The highest BCUT2D eigenvalue weighted by atomic mass is 16.5. The number of hydrogen-bond acceptors (Lipinski definition) is 3. The summed E-state index contributed by atoms with van der Waals surface area (Å²) in [5.74, 6) is 0.483. The van der Waals surface area contributed by atoms with Gasteiger partial charge in [-0.2, -0.15) is 0 Å². The summed E-state index contributed by atoms with van der Waals surface area (Å²) in [6.45, 7) is 0. The standard InChI is InChI=1S/C12H23NO2/c1-15-12(14)9-8-11(13)10-6-4-2-3-5-7-10/h10-11H,2-9,13H2,1H3. The molecule has 1 unspecified atom stereocenters. The van der Waals surface area contributed by atoms with E-state index in [0.29, 0.717) is 12.3 Å². The third-order valence-electron chi connectivity index (χ3n) is 3.41. The minimum Gasteiger partial charge on any atom is -0.469 e. The number of rotatable bonds is 4. The van der Waals surface area contributed by atoms with Gasteiger partial charge in [0.25, 0.3) is 0 Å². The molecule has 1 rings (SSSR count). The zero-order valence-electron chi connectivity index (χ0n) is 9.71. The van der Waals surface area contributed by atoms with Crippen molar-refractivity contribution in [2.75, 3.05) is 7.11 Å². The predicted octanol–water partition coefficient (Wildman–Crippen LogP) is 2.24. The van der Waals surface area contributed by atoms with Crippen molar-refractivity contribution < 1.29 is 9.53 Å². The van der Waals surface area contributed by atoms with Gasteiger partial charge in [0.2, 0.25) is 0 Å². The molecule has 15 heavy (non-hydrogen) atoms. The Morgan fingerprint density at radius 3 is 2.47 bits per heavy atom. The van der Waals surface area contributed by atoms with E-state index < -0.39 is 0 Å². The summed E-state index contributed by atoms with van der Waals surface area (Å²) in [7, 11) is 1.43. The molecule has 0 spiro atoms. The van der Waals surface area contributed by atoms with Crippen LogP contribution in [0.2, 0.25) is 0 Å². The topological polar surface area (TPSA) is 52.3 Å². The molecule has 0 heterocycles. The molecular weight excluding hydrogens is 190 g/mol. The number of carbonyl (C=O) groups is 1. The first-order valence-corrected chi connectivity index (χ1v) is 6.06. The summed E-state index contributed by atoms with van der Waals surface area (Å²) in [6.07, 6.45) is 9.02. The average molecular weight is 213 g/mol. The third-order valence-corrected chi connectivity index (χ3v) is 3.41. The number of methoxy groups -OCH3 is 1. The van der Waals surface area contributed by atoms with Gasteiger partial charge in [-0.3, -0.25) is 4.79 Å². The van der Waals surface area contributed by atoms with E-state index in [9.17, 15) is 4.79 Å². The fourth-order valence-electron chi connectivity index (χ4n) is 2.36. The molecule has 0 aromatic rings. The molecule has 3 heteroatoms. The zero-order chi connectivity index (χ0) is 11.1. The van der Waals surface area contributed by atoms with Gasteiger partial charge in [-0.05, 0) is 25.2 Å². The van der Waals surface area contributed by atoms with Gasteiger partial charge >= 0.3 is 5.97 Å². The van der Waals surface area contributed by atoms with Crippen LogP contribution in [0.5, 0.6) is 0 Å². The zero-order valence-corrected chi connectivity index (χ0v) is 9.71. The molecule has 88 valence electrons. The van der Waals surface area contributed by atoms with Gasteiger partial charge in [0.05, 0.1) is 7.11 Å². The van der Waals surface area contributed by atoms with Crippen LogP contribution in [0.4, 0.5) is 0 Å². The van der Waals surface area contributed by atoms with Crippen molar-refractivity contribution in [3.05, 3.63) is 0 Å². The smallest absolute Gasteiger partial charge is 0.305 e. The summed E-state index contributed by atoms with van der Waals surface area (Å²) in [5, 5.41) is 0. The van der Waals surface area contributed by atoms with E-state index in [2.05, 4.69) is 4.74 Å². The summed E-state index contributed by atoms with van der Waals surface area (Å²) in [5.41, 5.74) is 6.11. The molecule has 1 fully saturated rings. The van der Waals surface area contributed by atoms with Crippen LogP contribution in [0.25, 0.3) is 0 Å². The van der Waals surface area contributed by atoms with Gasteiger partial charge in [0.1, 0.15) is 0 Å². The fourth-order valence-corrected chi connectivity index (χ4v) is 2.36. The number of ether oxygens (including phenoxy) is 1. The molecule has 0 aromatic carbocycles. The second kappa shape index (κ2) is 6.83. The minimum absolute atomic E-state index is 0.140. The third kappa shape index (κ3) is 4.65. The minimum atomic E-state index is -0.140. The van der Waals surface area contributed by atoms with Crippen LogP contribution in [-0.2, 0) is 9.53 Å². The number of hydrogen-bond donors (Lipinski definition) is 1. The van der Waals surface area contributed by atoms with E-state index in [4.69, 9.17) is 5.73 Å². The van der Waals surface area contributed by atoms with Gasteiger partial charge in [-0.1, -0.05) is 25.7 Å². The first-order valence-electron chi connectivity index (χ1n) is 6.06. The quantitative estimate of drug-likeness (QED) is 0.575. The van der Waals surface area contributed by atoms with Crippen LogP contribution >= 0.6 is 0 Å². The Balaban J connectivity index is 2.24. The molecule has 0 aliphatic heterocycles. The van der Waals surface area contributed by atoms with Crippen molar-refractivity contribution in [3.8, 4) is 0 Å². The normalized spacial score (nSPS) is 20.7. The van der Waals surface area contributed by atoms with Crippen molar-refractivity contribution in [2.45, 2.75) is 57.4 Å².